The first-order chi connectivity index (χ1) is 11.6. The van der Waals surface area contributed by atoms with Gasteiger partial charge in [-0.05, 0) is 37.3 Å². The first kappa shape index (κ1) is 19.2. The van der Waals surface area contributed by atoms with Gasteiger partial charge < -0.3 is 4.43 Å². The molecule has 0 saturated carbocycles. The first-order valence-corrected chi connectivity index (χ1v) is 11.3. The molecule has 0 heterocycles. The van der Waals surface area contributed by atoms with Crippen LogP contribution >= 0.6 is 0 Å². The SMILES string of the molecule is C[Si](C)(C)OC(C#N)(c1ccc(C(F)(F)F)cc1)C1C=CC=CC=C1. The molecule has 0 amide bonds. The van der Waals surface area contributed by atoms with E-state index in [-0.39, 0.29) is 0 Å². The zero-order chi connectivity index (χ0) is 18.7. The number of nitriles is 1. The van der Waals surface area contributed by atoms with Gasteiger partial charge in [0, 0.05) is 5.92 Å². The molecule has 0 saturated heterocycles. The highest BCUT2D eigenvalue weighted by Crippen LogP contribution is 2.40. The Kier molecular flexibility index (Phi) is 5.40. The lowest BCUT2D eigenvalue weighted by Crippen LogP contribution is -2.44. The molecule has 0 N–H and O–H groups in total. The Morgan fingerprint density at radius 1 is 0.920 bits per heavy atom. The Morgan fingerprint density at radius 3 is 1.80 bits per heavy atom. The molecular weight excluding hydrogens is 343 g/mol. The number of hydrogen-bond donors (Lipinski definition) is 0. The summed E-state index contributed by atoms with van der Waals surface area (Å²) in [6.45, 7) is 5.85. The maximum absolute atomic E-state index is 12.9. The minimum absolute atomic E-state index is 0.407. The summed E-state index contributed by atoms with van der Waals surface area (Å²) in [5.41, 5.74) is -1.69. The first-order valence-electron chi connectivity index (χ1n) is 7.89. The largest absolute Gasteiger partial charge is 0.416 e. The van der Waals surface area contributed by atoms with E-state index in [0.717, 1.165) is 12.1 Å². The van der Waals surface area contributed by atoms with Crippen LogP contribution in [0.2, 0.25) is 19.6 Å². The highest BCUT2D eigenvalue weighted by atomic mass is 28.4. The molecule has 1 unspecified atom stereocenters. The minimum atomic E-state index is -4.42. The van der Waals surface area contributed by atoms with Gasteiger partial charge in [-0.3, -0.25) is 0 Å². The van der Waals surface area contributed by atoms with Crippen molar-refractivity contribution >= 4 is 8.32 Å². The Labute approximate surface area is 147 Å². The van der Waals surface area contributed by atoms with Crippen molar-refractivity contribution in [1.29, 1.82) is 5.26 Å². The predicted molar refractivity (Wildman–Crippen MR) is 94.1 cm³/mol. The van der Waals surface area contributed by atoms with Crippen LogP contribution in [0.4, 0.5) is 13.2 Å². The number of benzene rings is 1. The minimum Gasteiger partial charge on any atom is -0.396 e. The summed E-state index contributed by atoms with van der Waals surface area (Å²) in [7, 11) is -2.18. The Bertz CT molecular complexity index is 720. The maximum Gasteiger partial charge on any atom is 0.416 e. The molecular formula is C19H20F3NOSi. The van der Waals surface area contributed by atoms with Crippen molar-refractivity contribution in [3.63, 3.8) is 0 Å². The van der Waals surface area contributed by atoms with E-state index in [1.54, 1.807) is 0 Å². The van der Waals surface area contributed by atoms with E-state index in [0.29, 0.717) is 5.56 Å². The molecule has 0 aliphatic heterocycles. The third-order valence-electron chi connectivity index (χ3n) is 3.71. The van der Waals surface area contributed by atoms with Crippen LogP contribution in [0.5, 0.6) is 0 Å². The van der Waals surface area contributed by atoms with Crippen LogP contribution in [0, 0.1) is 17.2 Å². The van der Waals surface area contributed by atoms with Gasteiger partial charge in [0.2, 0.25) is 0 Å². The molecule has 25 heavy (non-hydrogen) atoms. The molecule has 1 aromatic carbocycles. The summed E-state index contributed by atoms with van der Waals surface area (Å²) in [5, 5.41) is 10.0. The molecule has 0 aromatic heterocycles. The van der Waals surface area contributed by atoms with E-state index in [2.05, 4.69) is 6.07 Å². The monoisotopic (exact) mass is 363 g/mol. The van der Waals surface area contributed by atoms with Crippen LogP contribution in [0.3, 0.4) is 0 Å². The second-order valence-corrected chi connectivity index (χ2v) is 11.2. The molecule has 0 fully saturated rings. The summed E-state index contributed by atoms with van der Waals surface area (Å²) in [6.07, 6.45) is 6.55. The number of rotatable bonds is 4. The zero-order valence-corrected chi connectivity index (χ0v) is 15.3. The molecule has 6 heteroatoms. The molecule has 0 radical (unpaired) electrons. The van der Waals surface area contributed by atoms with Gasteiger partial charge in [0.05, 0.1) is 5.56 Å². The highest BCUT2D eigenvalue weighted by Gasteiger charge is 2.43. The Hall–Kier alpha value is -2.10. The summed E-state index contributed by atoms with van der Waals surface area (Å²) < 4.78 is 44.8. The summed E-state index contributed by atoms with van der Waals surface area (Å²) in [4.78, 5) is 0. The van der Waals surface area contributed by atoms with Gasteiger partial charge in [-0.1, -0.05) is 48.6 Å². The number of halogens is 3. The fourth-order valence-electron chi connectivity index (χ4n) is 2.70. The lowest BCUT2D eigenvalue weighted by Gasteiger charge is -2.38. The standard InChI is InChI=1S/C19H20F3NOSi/c1-25(2,3)24-18(14-23,15-8-6-4-5-7-9-15)16-10-12-17(13-11-16)19(20,21)22/h4-13,15H,1-3H3. The Balaban J connectivity index is 2.56. The molecule has 1 aliphatic carbocycles. The van der Waals surface area contributed by atoms with Gasteiger partial charge >= 0.3 is 6.18 Å². The van der Waals surface area contributed by atoms with Gasteiger partial charge in [-0.25, -0.2) is 0 Å². The van der Waals surface area contributed by atoms with E-state index >= 15 is 0 Å². The van der Waals surface area contributed by atoms with Gasteiger partial charge in [-0.15, -0.1) is 0 Å². The quantitative estimate of drug-likeness (QED) is 0.655. The normalized spacial score (nSPS) is 17.8. The Morgan fingerprint density at radius 2 is 1.40 bits per heavy atom. The second-order valence-electron chi connectivity index (χ2n) is 6.82. The van der Waals surface area contributed by atoms with Gasteiger partial charge in [0.25, 0.3) is 0 Å². The van der Waals surface area contributed by atoms with E-state index in [1.165, 1.54) is 12.1 Å². The molecule has 1 atom stereocenters. The van der Waals surface area contributed by atoms with Crippen LogP contribution < -0.4 is 0 Å². The van der Waals surface area contributed by atoms with Crippen molar-refractivity contribution in [2.75, 3.05) is 0 Å². The van der Waals surface area contributed by atoms with Crippen molar-refractivity contribution in [1.82, 2.24) is 0 Å². The smallest absolute Gasteiger partial charge is 0.396 e. The molecule has 1 aliphatic rings. The lowest BCUT2D eigenvalue weighted by atomic mass is 9.81. The topological polar surface area (TPSA) is 33.0 Å². The van der Waals surface area contributed by atoms with Crippen LogP contribution in [0.1, 0.15) is 11.1 Å². The highest BCUT2D eigenvalue weighted by molar-refractivity contribution is 6.69. The van der Waals surface area contributed by atoms with Crippen molar-refractivity contribution in [3.05, 3.63) is 71.8 Å². The molecule has 0 bridgehead atoms. The number of allylic oxidation sites excluding steroid dienone is 4. The molecule has 1 aromatic rings. The van der Waals surface area contributed by atoms with E-state index in [1.807, 2.05) is 56.1 Å². The van der Waals surface area contributed by atoms with Crippen LogP contribution in [-0.2, 0) is 16.2 Å². The lowest BCUT2D eigenvalue weighted by molar-refractivity contribution is -0.137. The van der Waals surface area contributed by atoms with E-state index in [4.69, 9.17) is 4.43 Å². The van der Waals surface area contributed by atoms with Crippen molar-refractivity contribution < 1.29 is 17.6 Å². The van der Waals surface area contributed by atoms with Gasteiger partial charge in [-0.2, -0.15) is 18.4 Å². The summed E-state index contributed by atoms with van der Waals surface area (Å²) in [5.74, 6) is -0.407. The van der Waals surface area contributed by atoms with Crippen molar-refractivity contribution in [2.45, 2.75) is 31.4 Å². The fourth-order valence-corrected chi connectivity index (χ4v) is 3.97. The fraction of sp³-hybridized carbons (Fsp3) is 0.316. The van der Waals surface area contributed by atoms with Gasteiger partial charge in [0.15, 0.2) is 13.9 Å². The third-order valence-corrected chi connectivity index (χ3v) is 4.65. The molecule has 0 spiro atoms. The summed E-state index contributed by atoms with van der Waals surface area (Å²) in [6, 6.07) is 6.92. The maximum atomic E-state index is 12.9. The number of hydrogen-bond acceptors (Lipinski definition) is 2. The number of alkyl halides is 3. The second kappa shape index (κ2) is 7.02. The predicted octanol–water partition coefficient (Wildman–Crippen LogP) is 5.57. The van der Waals surface area contributed by atoms with Crippen LogP contribution in [0.25, 0.3) is 0 Å². The molecule has 132 valence electrons. The molecule has 2 rings (SSSR count). The molecule has 2 nitrogen and oxygen atoms in total. The van der Waals surface area contributed by atoms with Crippen LogP contribution in [0.15, 0.2) is 60.7 Å². The average molecular weight is 363 g/mol. The van der Waals surface area contributed by atoms with E-state index < -0.39 is 31.6 Å². The zero-order valence-electron chi connectivity index (χ0n) is 14.3. The number of nitrogens with zero attached hydrogens (tertiary/aromatic N) is 1. The third kappa shape index (κ3) is 4.50. The van der Waals surface area contributed by atoms with Crippen molar-refractivity contribution in [2.24, 2.45) is 5.92 Å². The average Bonchev–Trinajstić information content (AvgIpc) is 2.80. The summed E-state index contributed by atoms with van der Waals surface area (Å²) >= 11 is 0. The van der Waals surface area contributed by atoms with Crippen molar-refractivity contribution in [3.8, 4) is 6.07 Å². The van der Waals surface area contributed by atoms with Crippen LogP contribution in [-0.4, -0.2) is 8.32 Å². The van der Waals surface area contributed by atoms with Gasteiger partial charge in [0.1, 0.15) is 6.07 Å². The van der Waals surface area contributed by atoms with E-state index in [9.17, 15) is 18.4 Å².